The minimum absolute atomic E-state index is 0.118. The van der Waals surface area contributed by atoms with E-state index < -0.39 is 18.0 Å². The predicted molar refractivity (Wildman–Crippen MR) is 96.9 cm³/mol. The van der Waals surface area contributed by atoms with Crippen LogP contribution in [0.15, 0.2) is 30.4 Å². The molecular formula is C18H21ClFN3O3. The third kappa shape index (κ3) is 4.27. The number of piperidine rings is 1. The Morgan fingerprint density at radius 1 is 1.31 bits per heavy atom. The summed E-state index contributed by atoms with van der Waals surface area (Å²) in [5.41, 5.74) is 0.444. The lowest BCUT2D eigenvalue weighted by molar-refractivity contribution is -0.134. The van der Waals surface area contributed by atoms with Crippen LogP contribution in [0.2, 0.25) is 5.02 Å². The van der Waals surface area contributed by atoms with Gasteiger partial charge >= 0.3 is 6.09 Å². The van der Waals surface area contributed by atoms with E-state index in [-0.39, 0.29) is 17.0 Å². The van der Waals surface area contributed by atoms with Crippen LogP contribution in [0.3, 0.4) is 0 Å². The Morgan fingerprint density at radius 2 is 2.12 bits per heavy atom. The first-order chi connectivity index (χ1) is 12.4. The third-order valence-corrected chi connectivity index (χ3v) is 4.95. The molecule has 26 heavy (non-hydrogen) atoms. The molecule has 2 aliphatic rings. The Labute approximate surface area is 156 Å². The number of carboxylic acid groups (broad SMARTS) is 1. The monoisotopic (exact) mass is 381 g/mol. The maximum Gasteiger partial charge on any atom is 0.407 e. The second-order valence-corrected chi connectivity index (χ2v) is 7.01. The number of carbonyl (C=O) groups is 2. The van der Waals surface area contributed by atoms with Gasteiger partial charge in [-0.05, 0) is 37.5 Å². The van der Waals surface area contributed by atoms with E-state index in [9.17, 15) is 19.1 Å². The maximum absolute atomic E-state index is 13.6. The number of likely N-dealkylation sites (tertiary alicyclic amines) is 1. The van der Waals surface area contributed by atoms with Gasteiger partial charge in [0.25, 0.3) is 0 Å². The van der Waals surface area contributed by atoms with E-state index in [0.29, 0.717) is 31.7 Å². The highest BCUT2D eigenvalue weighted by molar-refractivity contribution is 6.30. The normalized spacial score (nSPS) is 23.7. The Kier molecular flexibility index (Phi) is 5.66. The number of amides is 2. The Balaban J connectivity index is 1.75. The molecule has 3 rings (SSSR count). The molecule has 0 aliphatic carbocycles. The molecular weight excluding hydrogens is 361 g/mol. The summed E-state index contributed by atoms with van der Waals surface area (Å²) in [5.74, 6) is -0.592. The van der Waals surface area contributed by atoms with Crippen molar-refractivity contribution in [1.82, 2.24) is 9.80 Å². The molecule has 8 heteroatoms. The van der Waals surface area contributed by atoms with Crippen molar-refractivity contribution in [1.29, 1.82) is 0 Å². The topological polar surface area (TPSA) is 72.9 Å². The first kappa shape index (κ1) is 18.5. The zero-order valence-electron chi connectivity index (χ0n) is 14.2. The number of carbonyl (C=O) groups excluding carboxylic acids is 1. The molecule has 2 amide bonds. The fourth-order valence-corrected chi connectivity index (χ4v) is 3.70. The summed E-state index contributed by atoms with van der Waals surface area (Å²) in [6, 6.07) is 3.37. The highest BCUT2D eigenvalue weighted by Crippen LogP contribution is 2.23. The van der Waals surface area contributed by atoms with Crippen molar-refractivity contribution in [2.45, 2.75) is 31.3 Å². The third-order valence-electron chi connectivity index (χ3n) is 4.73. The van der Waals surface area contributed by atoms with Gasteiger partial charge in [-0.2, -0.15) is 0 Å². The van der Waals surface area contributed by atoms with Crippen LogP contribution in [0, 0.1) is 5.82 Å². The van der Waals surface area contributed by atoms with Gasteiger partial charge in [0.1, 0.15) is 11.9 Å². The van der Waals surface area contributed by atoms with Crippen molar-refractivity contribution >= 4 is 29.3 Å². The molecule has 0 bridgehead atoms. The molecule has 0 aromatic heterocycles. The lowest BCUT2D eigenvalue weighted by atomic mass is 10.0. The van der Waals surface area contributed by atoms with E-state index in [1.807, 2.05) is 12.2 Å². The molecule has 0 saturated carbocycles. The first-order valence-corrected chi connectivity index (χ1v) is 8.98. The molecule has 1 fully saturated rings. The van der Waals surface area contributed by atoms with E-state index >= 15 is 0 Å². The van der Waals surface area contributed by atoms with Crippen molar-refractivity contribution in [2.24, 2.45) is 0 Å². The lowest BCUT2D eigenvalue weighted by Gasteiger charge is -2.38. The van der Waals surface area contributed by atoms with Gasteiger partial charge in [-0.25, -0.2) is 9.18 Å². The van der Waals surface area contributed by atoms with Crippen LogP contribution in [0.5, 0.6) is 0 Å². The number of anilines is 1. The first-order valence-electron chi connectivity index (χ1n) is 8.60. The standard InChI is InChI=1S/C18H21ClFN3O3/c19-12-8-13(20)10-14(9-12)21-16-5-1-2-7-23(17(16)24)15-4-3-6-22(11-15)18(25)26/h1-2,8-10,15-16,21H,3-7,11H2,(H,25,26)/t15?,16-/m1/s1. The van der Waals surface area contributed by atoms with Crippen LogP contribution in [0.25, 0.3) is 0 Å². The largest absolute Gasteiger partial charge is 0.465 e. The van der Waals surface area contributed by atoms with Gasteiger partial charge in [0.05, 0.1) is 0 Å². The Morgan fingerprint density at radius 3 is 2.85 bits per heavy atom. The number of nitrogens with one attached hydrogen (secondary N) is 1. The molecule has 1 saturated heterocycles. The molecule has 1 aromatic carbocycles. The van der Waals surface area contributed by atoms with Crippen LogP contribution in [-0.2, 0) is 4.79 Å². The van der Waals surface area contributed by atoms with Crippen LogP contribution < -0.4 is 5.32 Å². The minimum atomic E-state index is -0.961. The molecule has 2 atom stereocenters. The van der Waals surface area contributed by atoms with E-state index in [1.165, 1.54) is 17.0 Å². The molecule has 1 unspecified atom stereocenters. The SMILES string of the molecule is O=C(O)N1CCCC(N2CC=CC[C@@H](Nc3cc(F)cc(Cl)c3)C2=O)C1. The highest BCUT2D eigenvalue weighted by atomic mass is 35.5. The van der Waals surface area contributed by atoms with E-state index in [4.69, 9.17) is 11.6 Å². The predicted octanol–water partition coefficient (Wildman–Crippen LogP) is 3.19. The summed E-state index contributed by atoms with van der Waals surface area (Å²) < 4.78 is 13.6. The van der Waals surface area contributed by atoms with Gasteiger partial charge in [0, 0.05) is 36.4 Å². The zero-order chi connectivity index (χ0) is 18.7. The van der Waals surface area contributed by atoms with Gasteiger partial charge in [-0.1, -0.05) is 23.8 Å². The number of halogens is 2. The quantitative estimate of drug-likeness (QED) is 0.789. The van der Waals surface area contributed by atoms with Crippen molar-refractivity contribution in [3.8, 4) is 0 Å². The average molecular weight is 382 g/mol. The molecule has 2 N–H and O–H groups in total. The van der Waals surface area contributed by atoms with Gasteiger partial charge in [-0.3, -0.25) is 4.79 Å². The summed E-state index contributed by atoms with van der Waals surface area (Å²) in [6.45, 7) is 1.25. The van der Waals surface area contributed by atoms with Gasteiger partial charge in [-0.15, -0.1) is 0 Å². The zero-order valence-corrected chi connectivity index (χ0v) is 15.0. The molecule has 140 valence electrons. The summed E-state index contributed by atoms with van der Waals surface area (Å²) in [5, 5.41) is 12.5. The second-order valence-electron chi connectivity index (χ2n) is 6.58. The van der Waals surface area contributed by atoms with E-state index in [2.05, 4.69) is 5.32 Å². The summed E-state index contributed by atoms with van der Waals surface area (Å²) in [6.07, 6.45) is 4.83. The van der Waals surface area contributed by atoms with Gasteiger partial charge in [0.2, 0.25) is 5.91 Å². The van der Waals surface area contributed by atoms with Gasteiger partial charge in [0.15, 0.2) is 0 Å². The number of hydrogen-bond acceptors (Lipinski definition) is 3. The minimum Gasteiger partial charge on any atom is -0.465 e. The molecule has 2 heterocycles. The molecule has 2 aliphatic heterocycles. The van der Waals surface area contributed by atoms with Crippen LogP contribution in [0.1, 0.15) is 19.3 Å². The summed E-state index contributed by atoms with van der Waals surface area (Å²) in [7, 11) is 0. The Hall–Kier alpha value is -2.28. The fraction of sp³-hybridized carbons (Fsp3) is 0.444. The van der Waals surface area contributed by atoms with Crippen LogP contribution >= 0.6 is 11.6 Å². The molecule has 0 radical (unpaired) electrons. The van der Waals surface area contributed by atoms with Crippen molar-refractivity contribution < 1.29 is 19.1 Å². The highest BCUT2D eigenvalue weighted by Gasteiger charge is 2.34. The molecule has 1 aromatic rings. The Bertz CT molecular complexity index is 707. The number of nitrogens with zero attached hydrogens (tertiary/aromatic N) is 2. The number of benzene rings is 1. The van der Waals surface area contributed by atoms with Crippen molar-refractivity contribution in [3.05, 3.63) is 41.2 Å². The van der Waals surface area contributed by atoms with E-state index in [0.717, 1.165) is 12.8 Å². The van der Waals surface area contributed by atoms with Crippen molar-refractivity contribution in [3.63, 3.8) is 0 Å². The molecule has 0 spiro atoms. The lowest BCUT2D eigenvalue weighted by Crippen LogP contribution is -2.54. The van der Waals surface area contributed by atoms with Crippen molar-refractivity contribution in [2.75, 3.05) is 25.0 Å². The number of hydrogen-bond donors (Lipinski definition) is 2. The fourth-order valence-electron chi connectivity index (χ4n) is 3.48. The van der Waals surface area contributed by atoms with E-state index in [1.54, 1.807) is 11.0 Å². The van der Waals surface area contributed by atoms with Crippen LogP contribution in [0.4, 0.5) is 14.9 Å². The summed E-state index contributed by atoms with van der Waals surface area (Å²) in [4.78, 5) is 27.3. The van der Waals surface area contributed by atoms with Crippen LogP contribution in [-0.4, -0.2) is 58.6 Å². The second kappa shape index (κ2) is 7.95. The smallest absolute Gasteiger partial charge is 0.407 e. The molecule has 6 nitrogen and oxygen atoms in total. The average Bonchev–Trinajstić information content (AvgIpc) is 2.76. The maximum atomic E-state index is 13.6. The number of rotatable bonds is 3. The van der Waals surface area contributed by atoms with Gasteiger partial charge < -0.3 is 20.2 Å². The summed E-state index contributed by atoms with van der Waals surface area (Å²) >= 11 is 5.88.